The molecule has 1 aromatic rings. The predicted molar refractivity (Wildman–Crippen MR) is 124 cm³/mol. The first-order valence-electron chi connectivity index (χ1n) is 9.57. The lowest BCUT2D eigenvalue weighted by Gasteiger charge is -2.31. The SMILES string of the molecule is CN=C(NCc1cccc(CN2CCCC(C(N)=O)C2)c1)NC(C)COC.I. The minimum atomic E-state index is -0.181. The molecule has 1 heterocycles. The van der Waals surface area contributed by atoms with Crippen molar-refractivity contribution in [2.24, 2.45) is 16.6 Å². The average molecular weight is 503 g/mol. The van der Waals surface area contributed by atoms with E-state index in [1.165, 1.54) is 11.1 Å². The van der Waals surface area contributed by atoms with Crippen LogP contribution in [0.2, 0.25) is 0 Å². The van der Waals surface area contributed by atoms with Crippen LogP contribution in [0, 0.1) is 5.92 Å². The molecule has 7 nitrogen and oxygen atoms in total. The summed E-state index contributed by atoms with van der Waals surface area (Å²) in [6.45, 7) is 5.98. The third-order valence-corrected chi connectivity index (χ3v) is 4.79. The fourth-order valence-electron chi connectivity index (χ4n) is 3.43. The third kappa shape index (κ3) is 8.32. The summed E-state index contributed by atoms with van der Waals surface area (Å²) >= 11 is 0. The molecule has 1 amide bonds. The number of aliphatic imine (C=N–C) groups is 1. The van der Waals surface area contributed by atoms with Gasteiger partial charge in [0, 0.05) is 39.8 Å². The summed E-state index contributed by atoms with van der Waals surface area (Å²) in [6.07, 6.45) is 1.93. The van der Waals surface area contributed by atoms with Crippen molar-refractivity contribution in [1.29, 1.82) is 0 Å². The van der Waals surface area contributed by atoms with Crippen molar-refractivity contribution in [3.8, 4) is 0 Å². The van der Waals surface area contributed by atoms with Crippen LogP contribution in [0.4, 0.5) is 0 Å². The predicted octanol–water partition coefficient (Wildman–Crippen LogP) is 1.70. The lowest BCUT2D eigenvalue weighted by Crippen LogP contribution is -2.43. The molecule has 0 aliphatic carbocycles. The number of carbonyl (C=O) groups is 1. The Morgan fingerprint density at radius 1 is 1.43 bits per heavy atom. The van der Waals surface area contributed by atoms with E-state index in [4.69, 9.17) is 10.5 Å². The number of benzene rings is 1. The van der Waals surface area contributed by atoms with Crippen LogP contribution in [-0.4, -0.2) is 56.7 Å². The molecule has 1 saturated heterocycles. The van der Waals surface area contributed by atoms with Crippen LogP contribution in [-0.2, 0) is 22.6 Å². The second-order valence-electron chi connectivity index (χ2n) is 7.22. The summed E-state index contributed by atoms with van der Waals surface area (Å²) in [5, 5.41) is 6.63. The Labute approximate surface area is 185 Å². The number of rotatable bonds is 8. The highest BCUT2D eigenvalue weighted by Crippen LogP contribution is 2.18. The number of nitrogens with one attached hydrogen (secondary N) is 2. The zero-order valence-corrected chi connectivity index (χ0v) is 19.4. The van der Waals surface area contributed by atoms with Gasteiger partial charge in [0.15, 0.2) is 5.96 Å². The Morgan fingerprint density at radius 2 is 2.18 bits per heavy atom. The van der Waals surface area contributed by atoms with Gasteiger partial charge in [-0.3, -0.25) is 14.7 Å². The Kier molecular flexibility index (Phi) is 11.4. The average Bonchev–Trinajstić information content (AvgIpc) is 2.66. The molecular weight excluding hydrogens is 469 g/mol. The second-order valence-corrected chi connectivity index (χ2v) is 7.22. The molecule has 0 spiro atoms. The second kappa shape index (κ2) is 12.9. The van der Waals surface area contributed by atoms with Gasteiger partial charge in [0.05, 0.1) is 12.5 Å². The number of guanidine groups is 1. The number of nitrogens with two attached hydrogens (primary N) is 1. The first-order chi connectivity index (χ1) is 13.0. The van der Waals surface area contributed by atoms with E-state index in [1.54, 1.807) is 14.2 Å². The van der Waals surface area contributed by atoms with E-state index in [0.717, 1.165) is 38.4 Å². The van der Waals surface area contributed by atoms with E-state index in [9.17, 15) is 4.79 Å². The van der Waals surface area contributed by atoms with Crippen molar-refractivity contribution < 1.29 is 9.53 Å². The first kappa shape index (κ1) is 24.6. The van der Waals surface area contributed by atoms with Crippen molar-refractivity contribution in [3.05, 3.63) is 35.4 Å². The van der Waals surface area contributed by atoms with Gasteiger partial charge in [-0.15, -0.1) is 24.0 Å². The highest BCUT2D eigenvalue weighted by atomic mass is 127. The minimum Gasteiger partial charge on any atom is -0.383 e. The van der Waals surface area contributed by atoms with Crippen molar-refractivity contribution in [2.75, 3.05) is 33.9 Å². The maximum atomic E-state index is 11.5. The molecule has 158 valence electrons. The number of likely N-dealkylation sites (tertiary alicyclic amines) is 1. The van der Waals surface area contributed by atoms with Crippen molar-refractivity contribution in [3.63, 3.8) is 0 Å². The van der Waals surface area contributed by atoms with Crippen LogP contribution in [0.1, 0.15) is 30.9 Å². The number of nitrogens with zero attached hydrogens (tertiary/aromatic N) is 2. The zero-order valence-electron chi connectivity index (χ0n) is 17.1. The number of piperidine rings is 1. The number of ether oxygens (including phenoxy) is 1. The summed E-state index contributed by atoms with van der Waals surface area (Å²) in [4.78, 5) is 18.0. The molecule has 0 aromatic heterocycles. The molecule has 8 heteroatoms. The van der Waals surface area contributed by atoms with E-state index >= 15 is 0 Å². The van der Waals surface area contributed by atoms with Crippen molar-refractivity contribution >= 4 is 35.8 Å². The van der Waals surface area contributed by atoms with Gasteiger partial charge in [-0.2, -0.15) is 0 Å². The number of primary amides is 1. The number of amides is 1. The van der Waals surface area contributed by atoms with Gasteiger partial charge in [-0.05, 0) is 37.4 Å². The number of hydrogen-bond donors (Lipinski definition) is 3. The first-order valence-corrected chi connectivity index (χ1v) is 9.57. The van der Waals surface area contributed by atoms with Crippen molar-refractivity contribution in [1.82, 2.24) is 15.5 Å². The Morgan fingerprint density at radius 3 is 2.86 bits per heavy atom. The summed E-state index contributed by atoms with van der Waals surface area (Å²) in [6, 6.07) is 8.69. The summed E-state index contributed by atoms with van der Waals surface area (Å²) in [7, 11) is 3.45. The van der Waals surface area contributed by atoms with E-state index in [0.29, 0.717) is 13.2 Å². The highest BCUT2D eigenvalue weighted by molar-refractivity contribution is 14.0. The van der Waals surface area contributed by atoms with E-state index in [-0.39, 0.29) is 41.8 Å². The Balaban J connectivity index is 0.00000392. The van der Waals surface area contributed by atoms with E-state index in [1.807, 2.05) is 0 Å². The molecule has 28 heavy (non-hydrogen) atoms. The molecule has 2 atom stereocenters. The van der Waals surface area contributed by atoms with Crippen LogP contribution >= 0.6 is 24.0 Å². The number of methoxy groups -OCH3 is 1. The lowest BCUT2D eigenvalue weighted by atomic mass is 9.97. The molecule has 1 fully saturated rings. The highest BCUT2D eigenvalue weighted by Gasteiger charge is 2.23. The standard InChI is InChI=1S/C20H33N5O2.HI/c1-15(14-27-3)24-20(22-2)23-11-16-6-4-7-17(10-16)12-25-9-5-8-18(13-25)19(21)26;/h4,6-7,10,15,18H,5,8-9,11-14H2,1-3H3,(H2,21,26)(H2,22,23,24);1H. The number of carbonyl (C=O) groups excluding carboxylic acids is 1. The quantitative estimate of drug-likeness (QED) is 0.286. The van der Waals surface area contributed by atoms with Crippen LogP contribution in [0.15, 0.2) is 29.3 Å². The van der Waals surface area contributed by atoms with Crippen LogP contribution in [0.3, 0.4) is 0 Å². The van der Waals surface area contributed by atoms with Crippen molar-refractivity contribution in [2.45, 2.75) is 38.9 Å². The van der Waals surface area contributed by atoms with Gasteiger partial charge in [-0.1, -0.05) is 24.3 Å². The molecule has 1 aliphatic heterocycles. The summed E-state index contributed by atoms with van der Waals surface area (Å²) < 4.78 is 5.14. The maximum Gasteiger partial charge on any atom is 0.221 e. The van der Waals surface area contributed by atoms with Gasteiger partial charge >= 0.3 is 0 Å². The molecule has 0 saturated carbocycles. The van der Waals surface area contributed by atoms with Crippen LogP contribution in [0.25, 0.3) is 0 Å². The van der Waals surface area contributed by atoms with E-state index in [2.05, 4.69) is 51.7 Å². The monoisotopic (exact) mass is 503 g/mol. The summed E-state index contributed by atoms with van der Waals surface area (Å²) in [5.41, 5.74) is 7.92. The Bertz CT molecular complexity index is 641. The van der Waals surface area contributed by atoms with Crippen LogP contribution in [0.5, 0.6) is 0 Å². The van der Waals surface area contributed by atoms with Gasteiger partial charge in [0.2, 0.25) is 5.91 Å². The molecular formula is C20H34IN5O2. The normalized spacial score (nSPS) is 18.8. The van der Waals surface area contributed by atoms with Gasteiger partial charge in [0.1, 0.15) is 0 Å². The topological polar surface area (TPSA) is 92.0 Å². The largest absolute Gasteiger partial charge is 0.383 e. The van der Waals surface area contributed by atoms with Crippen LogP contribution < -0.4 is 16.4 Å². The van der Waals surface area contributed by atoms with Gasteiger partial charge < -0.3 is 21.1 Å². The fourth-order valence-corrected chi connectivity index (χ4v) is 3.43. The minimum absolute atomic E-state index is 0. The fraction of sp³-hybridized carbons (Fsp3) is 0.600. The van der Waals surface area contributed by atoms with E-state index < -0.39 is 0 Å². The number of hydrogen-bond acceptors (Lipinski definition) is 4. The number of halogens is 1. The molecule has 1 aromatic carbocycles. The van der Waals surface area contributed by atoms with Gasteiger partial charge in [0.25, 0.3) is 0 Å². The summed E-state index contributed by atoms with van der Waals surface area (Å²) in [5.74, 6) is 0.552. The maximum absolute atomic E-state index is 11.5. The molecule has 4 N–H and O–H groups in total. The molecule has 0 radical (unpaired) electrons. The molecule has 2 unspecified atom stereocenters. The molecule has 1 aliphatic rings. The smallest absolute Gasteiger partial charge is 0.221 e. The Hall–Kier alpha value is -1.39. The zero-order chi connectivity index (χ0) is 19.6. The third-order valence-electron chi connectivity index (χ3n) is 4.79. The molecule has 0 bridgehead atoms. The molecule has 2 rings (SSSR count). The van der Waals surface area contributed by atoms with Gasteiger partial charge in [-0.25, -0.2) is 0 Å². The lowest BCUT2D eigenvalue weighted by molar-refractivity contribution is -0.123.